The molecule has 3 aromatic rings. The van der Waals surface area contributed by atoms with Crippen molar-refractivity contribution < 1.29 is 14.0 Å². The van der Waals surface area contributed by atoms with E-state index in [1.165, 1.54) is 6.07 Å². The monoisotopic (exact) mass is 445 g/mol. The number of nitrogens with zero attached hydrogens (tertiary/aromatic N) is 3. The number of hydrogen-bond acceptors (Lipinski definition) is 3. The summed E-state index contributed by atoms with van der Waals surface area (Å²) >= 11 is 0. The molecule has 1 fully saturated rings. The Hall–Kier alpha value is -3.54. The van der Waals surface area contributed by atoms with Gasteiger partial charge in [0.05, 0.1) is 5.41 Å². The van der Waals surface area contributed by atoms with Crippen LogP contribution in [0.25, 0.3) is 11.1 Å². The minimum Gasteiger partial charge on any atom is -0.348 e. The summed E-state index contributed by atoms with van der Waals surface area (Å²) in [6.07, 6.45) is 5.18. The molecule has 1 aromatic heterocycles. The van der Waals surface area contributed by atoms with Crippen molar-refractivity contribution in [2.45, 2.75) is 19.3 Å². The van der Waals surface area contributed by atoms with Gasteiger partial charge in [0.25, 0.3) is 5.91 Å². The lowest BCUT2D eigenvalue weighted by atomic mass is 9.73. The maximum Gasteiger partial charge on any atom is 0.253 e. The van der Waals surface area contributed by atoms with Crippen LogP contribution in [0.1, 0.15) is 28.8 Å². The van der Waals surface area contributed by atoms with Gasteiger partial charge in [0.15, 0.2) is 0 Å². The van der Waals surface area contributed by atoms with E-state index >= 15 is 0 Å². The van der Waals surface area contributed by atoms with Crippen molar-refractivity contribution in [2.75, 3.05) is 27.2 Å². The third-order valence-corrected chi connectivity index (χ3v) is 6.33. The number of amides is 2. The van der Waals surface area contributed by atoms with Crippen LogP contribution in [0.4, 0.5) is 4.39 Å². The molecule has 0 spiro atoms. The standard InChI is InChI=1S/C27H28FN3O2/c1-30(2)26(33)27(14-5-17-31(19-27)25(32)22-12-15-29-16-13-22)18-20-8-10-21(11-9-20)23-6-3-4-7-24(23)28/h3-4,6-13,15-16H,5,14,17-19H2,1-2H3/t27-/m1/s1. The Bertz CT molecular complexity index is 1130. The first-order valence-electron chi connectivity index (χ1n) is 11.1. The highest BCUT2D eigenvalue weighted by molar-refractivity contribution is 5.95. The minimum atomic E-state index is -0.704. The SMILES string of the molecule is CN(C)C(=O)[C@@]1(Cc2ccc(-c3ccccc3F)cc2)CCCN(C(=O)c2ccncc2)C1. The first-order chi connectivity index (χ1) is 15.9. The fourth-order valence-corrected chi connectivity index (χ4v) is 4.74. The summed E-state index contributed by atoms with van der Waals surface area (Å²) in [6, 6.07) is 17.8. The molecule has 2 amide bonds. The summed E-state index contributed by atoms with van der Waals surface area (Å²) in [5, 5.41) is 0. The molecular weight excluding hydrogens is 417 g/mol. The molecule has 0 radical (unpaired) electrons. The summed E-state index contributed by atoms with van der Waals surface area (Å²) in [7, 11) is 3.52. The molecule has 6 heteroatoms. The lowest BCUT2D eigenvalue weighted by Gasteiger charge is -2.43. The predicted molar refractivity (Wildman–Crippen MR) is 126 cm³/mol. The molecule has 1 aliphatic heterocycles. The van der Waals surface area contributed by atoms with Crippen LogP contribution in [0, 0.1) is 11.2 Å². The molecule has 0 aliphatic carbocycles. The molecule has 170 valence electrons. The van der Waals surface area contributed by atoms with Gasteiger partial charge in [-0.1, -0.05) is 42.5 Å². The van der Waals surface area contributed by atoms with Crippen LogP contribution >= 0.6 is 0 Å². The van der Waals surface area contributed by atoms with Crippen LogP contribution in [0.5, 0.6) is 0 Å². The molecule has 0 saturated carbocycles. The second-order valence-corrected chi connectivity index (χ2v) is 8.90. The van der Waals surface area contributed by atoms with Gasteiger partial charge in [-0.25, -0.2) is 4.39 Å². The number of carbonyl (C=O) groups excluding carboxylic acids is 2. The van der Waals surface area contributed by atoms with E-state index in [2.05, 4.69) is 4.98 Å². The van der Waals surface area contributed by atoms with Gasteiger partial charge in [0.1, 0.15) is 5.82 Å². The smallest absolute Gasteiger partial charge is 0.253 e. The zero-order chi connectivity index (χ0) is 23.4. The average molecular weight is 446 g/mol. The minimum absolute atomic E-state index is 0.0212. The largest absolute Gasteiger partial charge is 0.348 e. The number of carbonyl (C=O) groups is 2. The van der Waals surface area contributed by atoms with Crippen LogP contribution in [0.15, 0.2) is 73.1 Å². The number of aromatic nitrogens is 1. The average Bonchev–Trinajstić information content (AvgIpc) is 2.84. The van der Waals surface area contributed by atoms with E-state index in [-0.39, 0.29) is 17.6 Å². The van der Waals surface area contributed by atoms with E-state index in [9.17, 15) is 14.0 Å². The van der Waals surface area contributed by atoms with Crippen molar-refractivity contribution in [3.63, 3.8) is 0 Å². The fraction of sp³-hybridized carbons (Fsp3) is 0.296. The van der Waals surface area contributed by atoms with Crippen LogP contribution in [-0.2, 0) is 11.2 Å². The molecule has 1 atom stereocenters. The molecule has 1 aliphatic rings. The van der Waals surface area contributed by atoms with Crippen LogP contribution < -0.4 is 0 Å². The molecule has 0 N–H and O–H groups in total. The first-order valence-corrected chi connectivity index (χ1v) is 11.1. The van der Waals surface area contributed by atoms with Crippen LogP contribution in [-0.4, -0.2) is 53.8 Å². The lowest BCUT2D eigenvalue weighted by molar-refractivity contribution is -0.142. The summed E-state index contributed by atoms with van der Waals surface area (Å²) in [5.74, 6) is -0.321. The summed E-state index contributed by atoms with van der Waals surface area (Å²) in [6.45, 7) is 0.982. The van der Waals surface area contributed by atoms with Crippen molar-refractivity contribution in [1.29, 1.82) is 0 Å². The quantitative estimate of drug-likeness (QED) is 0.583. The maximum atomic E-state index is 14.2. The number of halogens is 1. The third kappa shape index (κ3) is 4.80. The first kappa shape index (κ1) is 22.6. The molecule has 5 nitrogen and oxygen atoms in total. The second-order valence-electron chi connectivity index (χ2n) is 8.90. The Morgan fingerprint density at radius 2 is 1.73 bits per heavy atom. The Kier molecular flexibility index (Phi) is 6.54. The van der Waals surface area contributed by atoms with Gasteiger partial charge in [-0.05, 0) is 48.6 Å². The lowest BCUT2D eigenvalue weighted by Crippen LogP contribution is -2.54. The summed E-state index contributed by atoms with van der Waals surface area (Å²) in [4.78, 5) is 33.9. The van der Waals surface area contributed by atoms with Gasteiger partial charge < -0.3 is 9.80 Å². The van der Waals surface area contributed by atoms with Crippen molar-refractivity contribution in [2.24, 2.45) is 5.41 Å². The molecular formula is C27H28FN3O2. The number of likely N-dealkylation sites (tertiary alicyclic amines) is 1. The predicted octanol–water partition coefficient (Wildman–Crippen LogP) is 4.44. The Balaban J connectivity index is 1.60. The van der Waals surface area contributed by atoms with E-state index in [1.54, 1.807) is 60.6 Å². The molecule has 33 heavy (non-hydrogen) atoms. The third-order valence-electron chi connectivity index (χ3n) is 6.33. The van der Waals surface area contributed by atoms with Gasteiger partial charge in [0.2, 0.25) is 5.91 Å². The molecule has 0 unspecified atom stereocenters. The highest BCUT2D eigenvalue weighted by atomic mass is 19.1. The van der Waals surface area contributed by atoms with Gasteiger partial charge >= 0.3 is 0 Å². The molecule has 1 saturated heterocycles. The summed E-state index contributed by atoms with van der Waals surface area (Å²) in [5.41, 5.74) is 2.21. The van der Waals surface area contributed by atoms with Gasteiger partial charge in [-0.15, -0.1) is 0 Å². The summed E-state index contributed by atoms with van der Waals surface area (Å²) < 4.78 is 14.2. The van der Waals surface area contributed by atoms with Crippen molar-refractivity contribution >= 4 is 11.8 Å². The topological polar surface area (TPSA) is 53.5 Å². The molecule has 2 heterocycles. The number of hydrogen-bond donors (Lipinski definition) is 0. The molecule has 4 rings (SSSR count). The highest BCUT2D eigenvalue weighted by Gasteiger charge is 2.44. The van der Waals surface area contributed by atoms with E-state index in [1.807, 2.05) is 30.3 Å². The Labute approximate surface area is 193 Å². The molecule has 2 aromatic carbocycles. The van der Waals surface area contributed by atoms with E-state index in [0.717, 1.165) is 17.5 Å². The van der Waals surface area contributed by atoms with E-state index in [0.29, 0.717) is 37.1 Å². The van der Waals surface area contributed by atoms with E-state index < -0.39 is 5.41 Å². The van der Waals surface area contributed by atoms with E-state index in [4.69, 9.17) is 0 Å². The van der Waals surface area contributed by atoms with Crippen molar-refractivity contribution in [3.05, 3.63) is 90.0 Å². The van der Waals surface area contributed by atoms with Crippen molar-refractivity contribution in [1.82, 2.24) is 14.8 Å². The zero-order valence-electron chi connectivity index (χ0n) is 19.0. The maximum absolute atomic E-state index is 14.2. The Morgan fingerprint density at radius 1 is 1.03 bits per heavy atom. The van der Waals surface area contributed by atoms with Gasteiger partial charge in [0, 0.05) is 50.7 Å². The van der Waals surface area contributed by atoms with Gasteiger partial charge in [-0.2, -0.15) is 0 Å². The number of piperidine rings is 1. The Morgan fingerprint density at radius 3 is 2.39 bits per heavy atom. The molecule has 0 bridgehead atoms. The number of rotatable bonds is 5. The normalized spacial score (nSPS) is 18.1. The van der Waals surface area contributed by atoms with Gasteiger partial charge in [-0.3, -0.25) is 14.6 Å². The number of pyridine rings is 1. The van der Waals surface area contributed by atoms with Crippen LogP contribution in [0.3, 0.4) is 0 Å². The van der Waals surface area contributed by atoms with Crippen LogP contribution in [0.2, 0.25) is 0 Å². The zero-order valence-corrected chi connectivity index (χ0v) is 19.0. The number of benzene rings is 2. The highest BCUT2D eigenvalue weighted by Crippen LogP contribution is 2.36. The van der Waals surface area contributed by atoms with Crippen molar-refractivity contribution in [3.8, 4) is 11.1 Å². The second kappa shape index (κ2) is 9.53. The fourth-order valence-electron chi connectivity index (χ4n) is 4.74.